The third kappa shape index (κ3) is 4.37. The fourth-order valence-corrected chi connectivity index (χ4v) is 5.86. The van der Waals surface area contributed by atoms with E-state index in [0.717, 1.165) is 43.1 Å². The maximum Gasteiger partial charge on any atom is 0.142 e. The fourth-order valence-electron chi connectivity index (χ4n) is 5.86. The van der Waals surface area contributed by atoms with Gasteiger partial charge in [0.1, 0.15) is 11.6 Å². The van der Waals surface area contributed by atoms with Crippen molar-refractivity contribution in [2.75, 3.05) is 45.5 Å². The zero-order valence-electron chi connectivity index (χ0n) is 18.1. The minimum Gasteiger partial charge on any atom is -0.397 e. The topological polar surface area (TPSA) is 62.5 Å². The summed E-state index contributed by atoms with van der Waals surface area (Å²) in [5.41, 5.74) is 8.87. The van der Waals surface area contributed by atoms with Crippen LogP contribution >= 0.6 is 0 Å². The highest BCUT2D eigenvalue weighted by atomic mass is 19.1. The van der Waals surface area contributed by atoms with Crippen LogP contribution in [-0.2, 0) is 11.2 Å². The Labute approximate surface area is 183 Å². The molecule has 2 atom stereocenters. The number of carbonyl (C=O) groups excluding carboxylic acids is 1. The third-order valence-electron chi connectivity index (χ3n) is 7.43. The number of rotatable bonds is 6. The molecule has 3 fully saturated rings. The van der Waals surface area contributed by atoms with Gasteiger partial charge >= 0.3 is 0 Å². The van der Waals surface area contributed by atoms with Crippen LogP contribution in [0, 0.1) is 29.5 Å². The van der Waals surface area contributed by atoms with Crippen molar-refractivity contribution in [3.05, 3.63) is 47.9 Å². The summed E-state index contributed by atoms with van der Waals surface area (Å²) in [7, 11) is 2.18. The van der Waals surface area contributed by atoms with Gasteiger partial charge in [-0.05, 0) is 74.0 Å². The molecule has 2 N–H and O–H groups in total. The molecular weight excluding hydrogens is 391 g/mol. The highest BCUT2D eigenvalue weighted by molar-refractivity contribution is 5.84. The second-order valence-electron chi connectivity index (χ2n) is 9.88. The molecule has 1 aromatic heterocycles. The number of hydrogen-bond donors (Lipinski definition) is 1. The minimum absolute atomic E-state index is 0.127. The first-order valence-corrected chi connectivity index (χ1v) is 11.4. The van der Waals surface area contributed by atoms with Crippen LogP contribution in [0.25, 0.3) is 11.3 Å². The number of hydrogen-bond acceptors (Lipinski definition) is 5. The number of nitrogens with zero attached hydrogens (tertiary/aromatic N) is 3. The van der Waals surface area contributed by atoms with Crippen molar-refractivity contribution in [2.45, 2.75) is 19.3 Å². The molecule has 1 aromatic carbocycles. The number of nitrogen functional groups attached to an aromatic ring is 1. The van der Waals surface area contributed by atoms with E-state index in [4.69, 9.17) is 5.73 Å². The number of carbonyl (C=O) groups is 1. The van der Waals surface area contributed by atoms with Crippen LogP contribution in [-0.4, -0.2) is 60.3 Å². The molecule has 1 saturated carbocycles. The molecule has 1 aliphatic carbocycles. The molecule has 2 unspecified atom stereocenters. The van der Waals surface area contributed by atoms with E-state index in [2.05, 4.69) is 21.8 Å². The standard InChI is InChI=1S/C25H31FN4O/c1-29-11-16(12-29)13-30-14-19-8-18(9-20(19)15-30)25(31)10-24-22(27)6-7-23(28-24)17-2-4-21(26)5-3-17/h2-7,16,18-20H,8-15,27H2,1H3. The van der Waals surface area contributed by atoms with E-state index >= 15 is 0 Å². The van der Waals surface area contributed by atoms with E-state index in [0.29, 0.717) is 23.2 Å². The Morgan fingerprint density at radius 3 is 2.39 bits per heavy atom. The second kappa shape index (κ2) is 8.32. The number of halogens is 1. The highest BCUT2D eigenvalue weighted by Gasteiger charge is 2.43. The quantitative estimate of drug-likeness (QED) is 0.775. The molecule has 2 saturated heterocycles. The van der Waals surface area contributed by atoms with Gasteiger partial charge in [0.25, 0.3) is 0 Å². The number of anilines is 1. The lowest BCUT2D eigenvalue weighted by Crippen LogP contribution is -2.49. The van der Waals surface area contributed by atoms with Crippen LogP contribution in [0.5, 0.6) is 0 Å². The second-order valence-corrected chi connectivity index (χ2v) is 9.88. The number of fused-ring (bicyclic) bond motifs is 1. The molecule has 2 aromatic rings. The van der Waals surface area contributed by atoms with Crippen LogP contribution < -0.4 is 5.73 Å². The van der Waals surface area contributed by atoms with E-state index < -0.39 is 0 Å². The van der Waals surface area contributed by atoms with Gasteiger partial charge < -0.3 is 15.5 Å². The summed E-state index contributed by atoms with van der Waals surface area (Å²) in [6.07, 6.45) is 2.29. The fraction of sp³-hybridized carbons (Fsp3) is 0.520. The molecule has 3 heterocycles. The zero-order chi connectivity index (χ0) is 21.5. The van der Waals surface area contributed by atoms with Gasteiger partial charge in [-0.3, -0.25) is 9.78 Å². The van der Waals surface area contributed by atoms with Crippen molar-refractivity contribution < 1.29 is 9.18 Å². The van der Waals surface area contributed by atoms with Gasteiger partial charge in [0.05, 0.1) is 23.5 Å². The van der Waals surface area contributed by atoms with Gasteiger partial charge in [-0.25, -0.2) is 4.39 Å². The SMILES string of the molecule is CN1CC(CN2CC3CC(C(=O)Cc4nc(-c5ccc(F)cc5)ccc4N)CC3C2)C1. The van der Waals surface area contributed by atoms with Gasteiger partial charge in [-0.1, -0.05) is 0 Å². The number of pyridine rings is 1. The molecule has 5 rings (SSSR count). The number of benzene rings is 1. The molecule has 0 radical (unpaired) electrons. The minimum atomic E-state index is -0.278. The Kier molecular flexibility index (Phi) is 5.52. The van der Waals surface area contributed by atoms with E-state index in [9.17, 15) is 9.18 Å². The number of Topliss-reactive ketones (excluding diaryl/α,β-unsaturated/α-hetero) is 1. The molecule has 0 amide bonds. The molecule has 6 heteroatoms. The lowest BCUT2D eigenvalue weighted by molar-refractivity contribution is -0.122. The molecular formula is C25H31FN4O. The van der Waals surface area contributed by atoms with Crippen molar-refractivity contribution in [2.24, 2.45) is 23.7 Å². The van der Waals surface area contributed by atoms with E-state index in [1.807, 2.05) is 6.07 Å². The summed E-state index contributed by atoms with van der Waals surface area (Å²) in [5, 5.41) is 0. The first-order chi connectivity index (χ1) is 14.9. The maximum absolute atomic E-state index is 13.2. The van der Waals surface area contributed by atoms with Crippen molar-refractivity contribution in [1.82, 2.24) is 14.8 Å². The predicted octanol–water partition coefficient (Wildman–Crippen LogP) is 3.10. The molecule has 2 aliphatic heterocycles. The predicted molar refractivity (Wildman–Crippen MR) is 120 cm³/mol. The zero-order valence-corrected chi connectivity index (χ0v) is 18.1. The first kappa shape index (κ1) is 20.6. The summed E-state index contributed by atoms with van der Waals surface area (Å²) in [6, 6.07) is 9.86. The highest BCUT2D eigenvalue weighted by Crippen LogP contribution is 2.42. The van der Waals surface area contributed by atoms with Crippen LogP contribution in [0.4, 0.5) is 10.1 Å². The Morgan fingerprint density at radius 2 is 1.74 bits per heavy atom. The van der Waals surface area contributed by atoms with E-state index in [-0.39, 0.29) is 23.9 Å². The van der Waals surface area contributed by atoms with Gasteiger partial charge in [0.15, 0.2) is 0 Å². The molecule has 3 aliphatic rings. The Bertz CT molecular complexity index is 942. The van der Waals surface area contributed by atoms with Crippen molar-refractivity contribution in [3.8, 4) is 11.3 Å². The molecule has 0 spiro atoms. The number of ketones is 1. The summed E-state index contributed by atoms with van der Waals surface area (Å²) in [6.45, 7) is 5.95. The normalized spacial score (nSPS) is 26.7. The summed E-state index contributed by atoms with van der Waals surface area (Å²) in [5.74, 6) is 2.24. The van der Waals surface area contributed by atoms with Crippen molar-refractivity contribution in [3.63, 3.8) is 0 Å². The average molecular weight is 423 g/mol. The first-order valence-electron chi connectivity index (χ1n) is 11.4. The van der Waals surface area contributed by atoms with Crippen LogP contribution in [0.1, 0.15) is 18.5 Å². The van der Waals surface area contributed by atoms with Gasteiger partial charge in [0, 0.05) is 44.2 Å². The Hall–Kier alpha value is -2.31. The van der Waals surface area contributed by atoms with Crippen molar-refractivity contribution in [1.29, 1.82) is 0 Å². The van der Waals surface area contributed by atoms with Crippen LogP contribution in [0.2, 0.25) is 0 Å². The summed E-state index contributed by atoms with van der Waals surface area (Å²) in [4.78, 5) is 22.7. The Morgan fingerprint density at radius 1 is 1.06 bits per heavy atom. The largest absolute Gasteiger partial charge is 0.397 e. The van der Waals surface area contributed by atoms with E-state index in [1.165, 1.54) is 31.8 Å². The molecule has 31 heavy (non-hydrogen) atoms. The number of likely N-dealkylation sites (tertiary alicyclic amines) is 2. The van der Waals surface area contributed by atoms with E-state index in [1.54, 1.807) is 18.2 Å². The number of aromatic nitrogens is 1. The van der Waals surface area contributed by atoms with Gasteiger partial charge in [0.2, 0.25) is 0 Å². The molecule has 5 nitrogen and oxygen atoms in total. The lowest BCUT2D eigenvalue weighted by Gasteiger charge is -2.38. The van der Waals surface area contributed by atoms with Crippen LogP contribution in [0.15, 0.2) is 36.4 Å². The average Bonchev–Trinajstić information content (AvgIpc) is 3.28. The Balaban J connectivity index is 1.19. The van der Waals surface area contributed by atoms with Gasteiger partial charge in [-0.2, -0.15) is 0 Å². The summed E-state index contributed by atoms with van der Waals surface area (Å²) < 4.78 is 13.2. The molecule has 164 valence electrons. The summed E-state index contributed by atoms with van der Waals surface area (Å²) >= 11 is 0. The third-order valence-corrected chi connectivity index (χ3v) is 7.43. The van der Waals surface area contributed by atoms with Crippen LogP contribution in [0.3, 0.4) is 0 Å². The van der Waals surface area contributed by atoms with Gasteiger partial charge in [-0.15, -0.1) is 0 Å². The smallest absolute Gasteiger partial charge is 0.142 e. The lowest BCUT2D eigenvalue weighted by atomic mass is 9.95. The van der Waals surface area contributed by atoms with Crippen molar-refractivity contribution >= 4 is 11.5 Å². The number of nitrogens with two attached hydrogens (primary N) is 1. The maximum atomic E-state index is 13.2. The molecule has 0 bridgehead atoms. The monoisotopic (exact) mass is 422 g/mol.